The molecule has 0 atom stereocenters. The van der Waals surface area contributed by atoms with Crippen LogP contribution in [-0.4, -0.2) is 18.6 Å². The van der Waals surface area contributed by atoms with Crippen LogP contribution in [0.2, 0.25) is 0 Å². The van der Waals surface area contributed by atoms with Gasteiger partial charge in [-0.3, -0.25) is 0 Å². The van der Waals surface area contributed by atoms with E-state index in [2.05, 4.69) is 34.6 Å². The summed E-state index contributed by atoms with van der Waals surface area (Å²) in [6.45, 7) is 0.890. The summed E-state index contributed by atoms with van der Waals surface area (Å²) < 4.78 is 6.37. The number of fused-ring (bicyclic) bond motifs is 1. The number of nitrogens with zero attached hydrogens (tertiary/aromatic N) is 1. The Morgan fingerprint density at radius 1 is 1.15 bits per heavy atom. The summed E-state index contributed by atoms with van der Waals surface area (Å²) >= 11 is 1.66. The van der Waals surface area contributed by atoms with E-state index in [9.17, 15) is 0 Å². The van der Waals surface area contributed by atoms with Gasteiger partial charge in [-0.05, 0) is 30.2 Å². The van der Waals surface area contributed by atoms with E-state index in [1.54, 1.807) is 18.4 Å². The summed E-state index contributed by atoms with van der Waals surface area (Å²) in [5, 5.41) is 4.35. The minimum Gasteiger partial charge on any atom is -0.497 e. The molecule has 0 aliphatic heterocycles. The maximum atomic E-state index is 5.23. The predicted molar refractivity (Wildman–Crippen MR) is 84.8 cm³/mol. The number of hydrogen-bond acceptors (Lipinski definition) is 4. The number of rotatable bonds is 5. The van der Waals surface area contributed by atoms with Crippen LogP contribution in [-0.2, 0) is 6.42 Å². The average Bonchev–Trinajstić information content (AvgIpc) is 2.90. The Hall–Kier alpha value is -2.07. The van der Waals surface area contributed by atoms with E-state index in [-0.39, 0.29) is 0 Å². The molecule has 0 saturated heterocycles. The molecule has 0 bridgehead atoms. The number of thiazole rings is 1. The third-order valence-corrected chi connectivity index (χ3v) is 4.10. The molecule has 1 aromatic heterocycles. The molecule has 2 aromatic carbocycles. The molecule has 0 spiro atoms. The smallest absolute Gasteiger partial charge is 0.183 e. The molecule has 20 heavy (non-hydrogen) atoms. The van der Waals surface area contributed by atoms with Gasteiger partial charge < -0.3 is 10.1 Å². The Labute approximate surface area is 122 Å². The fraction of sp³-hybridized carbons (Fsp3) is 0.188. The van der Waals surface area contributed by atoms with Gasteiger partial charge in [-0.15, -0.1) is 0 Å². The van der Waals surface area contributed by atoms with E-state index >= 15 is 0 Å². The molecule has 3 aromatic rings. The van der Waals surface area contributed by atoms with Gasteiger partial charge in [0.25, 0.3) is 0 Å². The predicted octanol–water partition coefficient (Wildman–Crippen LogP) is 3.96. The van der Waals surface area contributed by atoms with Crippen LogP contribution in [0.15, 0.2) is 48.5 Å². The second-order valence-corrected chi connectivity index (χ2v) is 5.55. The second kappa shape index (κ2) is 5.92. The van der Waals surface area contributed by atoms with Crippen LogP contribution >= 0.6 is 11.3 Å². The minimum atomic E-state index is 0.872. The summed E-state index contributed by atoms with van der Waals surface area (Å²) in [7, 11) is 1.68. The molecule has 0 fully saturated rings. The van der Waals surface area contributed by atoms with E-state index in [1.807, 2.05) is 24.3 Å². The molecule has 3 rings (SSSR count). The molecular formula is C16H16N2OS. The Kier molecular flexibility index (Phi) is 3.83. The first kappa shape index (κ1) is 12.9. The van der Waals surface area contributed by atoms with Crippen molar-refractivity contribution in [3.8, 4) is 5.75 Å². The van der Waals surface area contributed by atoms with Gasteiger partial charge in [0.15, 0.2) is 5.13 Å². The van der Waals surface area contributed by atoms with Crippen molar-refractivity contribution >= 4 is 26.7 Å². The normalized spacial score (nSPS) is 10.7. The van der Waals surface area contributed by atoms with E-state index < -0.39 is 0 Å². The van der Waals surface area contributed by atoms with Crippen molar-refractivity contribution < 1.29 is 4.74 Å². The van der Waals surface area contributed by atoms with Gasteiger partial charge in [0.05, 0.1) is 17.3 Å². The lowest BCUT2D eigenvalue weighted by atomic mass is 10.2. The van der Waals surface area contributed by atoms with Crippen molar-refractivity contribution in [1.29, 1.82) is 0 Å². The van der Waals surface area contributed by atoms with Gasteiger partial charge in [0.2, 0.25) is 0 Å². The molecule has 1 heterocycles. The lowest BCUT2D eigenvalue weighted by Crippen LogP contribution is -2.04. The van der Waals surface area contributed by atoms with Crippen LogP contribution in [0.1, 0.15) is 5.56 Å². The first-order valence-corrected chi connectivity index (χ1v) is 7.39. The van der Waals surface area contributed by atoms with Crippen molar-refractivity contribution in [2.24, 2.45) is 0 Å². The van der Waals surface area contributed by atoms with Crippen LogP contribution in [0.5, 0.6) is 5.75 Å². The SMILES string of the molecule is COc1ccc2nc(NCCc3ccccc3)sc2c1. The Morgan fingerprint density at radius 2 is 2.00 bits per heavy atom. The van der Waals surface area contributed by atoms with Gasteiger partial charge in [0, 0.05) is 6.54 Å². The lowest BCUT2D eigenvalue weighted by Gasteiger charge is -2.02. The maximum absolute atomic E-state index is 5.23. The molecule has 0 unspecified atom stereocenters. The van der Waals surface area contributed by atoms with Gasteiger partial charge in [0.1, 0.15) is 5.75 Å². The fourth-order valence-electron chi connectivity index (χ4n) is 2.07. The van der Waals surface area contributed by atoms with Gasteiger partial charge in [-0.25, -0.2) is 4.98 Å². The lowest BCUT2D eigenvalue weighted by molar-refractivity contribution is 0.415. The monoisotopic (exact) mass is 284 g/mol. The van der Waals surface area contributed by atoms with Gasteiger partial charge in [-0.1, -0.05) is 41.7 Å². The molecule has 102 valence electrons. The largest absolute Gasteiger partial charge is 0.497 e. The van der Waals surface area contributed by atoms with Gasteiger partial charge in [-0.2, -0.15) is 0 Å². The van der Waals surface area contributed by atoms with Crippen LogP contribution in [0, 0.1) is 0 Å². The number of anilines is 1. The highest BCUT2D eigenvalue weighted by atomic mass is 32.1. The highest BCUT2D eigenvalue weighted by Gasteiger charge is 2.04. The topological polar surface area (TPSA) is 34.1 Å². The van der Waals surface area contributed by atoms with E-state index in [1.165, 1.54) is 5.56 Å². The van der Waals surface area contributed by atoms with E-state index in [0.717, 1.165) is 34.1 Å². The van der Waals surface area contributed by atoms with E-state index in [4.69, 9.17) is 4.74 Å². The second-order valence-electron chi connectivity index (χ2n) is 4.52. The maximum Gasteiger partial charge on any atom is 0.183 e. The van der Waals surface area contributed by atoms with Crippen LogP contribution in [0.4, 0.5) is 5.13 Å². The fourth-order valence-corrected chi connectivity index (χ4v) is 2.99. The van der Waals surface area contributed by atoms with Crippen LogP contribution in [0.25, 0.3) is 10.2 Å². The first-order chi connectivity index (χ1) is 9.85. The Morgan fingerprint density at radius 3 is 2.80 bits per heavy atom. The zero-order chi connectivity index (χ0) is 13.8. The molecule has 0 aliphatic rings. The molecule has 1 N–H and O–H groups in total. The number of nitrogens with one attached hydrogen (secondary N) is 1. The Bertz CT molecular complexity index is 694. The summed E-state index contributed by atoms with van der Waals surface area (Å²) in [6, 6.07) is 16.4. The zero-order valence-electron chi connectivity index (χ0n) is 11.3. The molecule has 0 aliphatic carbocycles. The highest BCUT2D eigenvalue weighted by molar-refractivity contribution is 7.22. The van der Waals surface area contributed by atoms with Crippen molar-refractivity contribution in [1.82, 2.24) is 4.98 Å². The van der Waals surface area contributed by atoms with Gasteiger partial charge >= 0.3 is 0 Å². The molecular weight excluding hydrogens is 268 g/mol. The van der Waals surface area contributed by atoms with Crippen molar-refractivity contribution in [3.63, 3.8) is 0 Å². The summed E-state index contributed by atoms with van der Waals surface area (Å²) in [5.41, 5.74) is 2.35. The number of benzene rings is 2. The van der Waals surface area contributed by atoms with Crippen molar-refractivity contribution in [2.45, 2.75) is 6.42 Å². The van der Waals surface area contributed by atoms with Crippen LogP contribution < -0.4 is 10.1 Å². The zero-order valence-corrected chi connectivity index (χ0v) is 12.1. The molecule has 3 nitrogen and oxygen atoms in total. The highest BCUT2D eigenvalue weighted by Crippen LogP contribution is 2.28. The average molecular weight is 284 g/mol. The standard InChI is InChI=1S/C16H16N2OS/c1-19-13-7-8-14-15(11-13)20-16(18-14)17-10-9-12-5-3-2-4-6-12/h2-8,11H,9-10H2,1H3,(H,17,18). The third-order valence-electron chi connectivity index (χ3n) is 3.13. The molecule has 0 amide bonds. The first-order valence-electron chi connectivity index (χ1n) is 6.57. The van der Waals surface area contributed by atoms with Crippen molar-refractivity contribution in [3.05, 3.63) is 54.1 Å². The minimum absolute atomic E-state index is 0.872. The molecule has 0 radical (unpaired) electrons. The number of ether oxygens (including phenoxy) is 1. The summed E-state index contributed by atoms with van der Waals surface area (Å²) in [6.07, 6.45) is 1.00. The third kappa shape index (κ3) is 2.91. The number of methoxy groups -OCH3 is 1. The number of hydrogen-bond donors (Lipinski definition) is 1. The quantitative estimate of drug-likeness (QED) is 0.770. The summed E-state index contributed by atoms with van der Waals surface area (Å²) in [5.74, 6) is 0.872. The number of aromatic nitrogens is 1. The summed E-state index contributed by atoms with van der Waals surface area (Å²) in [4.78, 5) is 4.57. The Balaban J connectivity index is 1.66. The van der Waals surface area contributed by atoms with E-state index in [0.29, 0.717) is 0 Å². The molecule has 4 heteroatoms. The van der Waals surface area contributed by atoms with Crippen LogP contribution in [0.3, 0.4) is 0 Å². The van der Waals surface area contributed by atoms with Crippen molar-refractivity contribution in [2.75, 3.05) is 19.0 Å². The molecule has 0 saturated carbocycles.